The molecule has 0 saturated carbocycles. The molecule has 2 rings (SSSR count). The van der Waals surface area contributed by atoms with E-state index < -0.39 is 17.3 Å². The van der Waals surface area contributed by atoms with E-state index in [1.54, 1.807) is 37.3 Å². The number of nitrogens with zero attached hydrogens (tertiary/aromatic N) is 1. The van der Waals surface area contributed by atoms with Crippen molar-refractivity contribution in [1.29, 1.82) is 5.26 Å². The first-order chi connectivity index (χ1) is 11.0. The number of hydrogen-bond donors (Lipinski definition) is 0. The Morgan fingerprint density at radius 1 is 1.57 bits per heavy atom. The second-order valence-electron chi connectivity index (χ2n) is 5.35. The Balaban J connectivity index is 2.68. The highest BCUT2D eigenvalue weighted by Gasteiger charge is 2.52. The van der Waals surface area contributed by atoms with Crippen molar-refractivity contribution in [2.24, 2.45) is 5.41 Å². The minimum Gasteiger partial charge on any atom is -0.465 e. The molecular weight excluding hydrogens is 314 g/mol. The molecule has 0 amide bonds. The van der Waals surface area contributed by atoms with Gasteiger partial charge in [-0.25, -0.2) is 0 Å². The van der Waals surface area contributed by atoms with Crippen LogP contribution in [-0.2, 0) is 14.3 Å². The third-order valence-corrected chi connectivity index (χ3v) is 4.27. The molecule has 23 heavy (non-hydrogen) atoms. The van der Waals surface area contributed by atoms with Gasteiger partial charge in [0.25, 0.3) is 0 Å². The van der Waals surface area contributed by atoms with E-state index in [1.807, 2.05) is 0 Å². The summed E-state index contributed by atoms with van der Waals surface area (Å²) in [6.07, 6.45) is 2.22. The molecule has 1 aromatic carbocycles. The van der Waals surface area contributed by atoms with Crippen LogP contribution in [0.15, 0.2) is 48.1 Å². The smallest absolute Gasteiger partial charge is 0.327 e. The molecule has 4 nitrogen and oxygen atoms in total. The van der Waals surface area contributed by atoms with Crippen molar-refractivity contribution in [2.75, 3.05) is 6.61 Å². The topological polar surface area (TPSA) is 67.2 Å². The highest BCUT2D eigenvalue weighted by molar-refractivity contribution is 6.31. The van der Waals surface area contributed by atoms with E-state index in [0.717, 1.165) is 0 Å². The molecule has 0 aliphatic heterocycles. The van der Waals surface area contributed by atoms with Crippen LogP contribution in [0.25, 0.3) is 0 Å². The molecule has 0 N–H and O–H groups in total. The van der Waals surface area contributed by atoms with Gasteiger partial charge in [0.15, 0.2) is 5.41 Å². The average Bonchev–Trinajstić information content (AvgIpc) is 2.55. The Morgan fingerprint density at radius 3 is 2.83 bits per heavy atom. The van der Waals surface area contributed by atoms with Crippen LogP contribution in [0, 0.1) is 16.7 Å². The molecule has 5 heteroatoms. The third-order valence-electron chi connectivity index (χ3n) is 3.92. The van der Waals surface area contributed by atoms with Crippen molar-refractivity contribution in [1.82, 2.24) is 0 Å². The standard InChI is InChI=1S/C18H16ClNO3/c1-3-23-17(22)18(11-20)9-13(10-21)8-12(2)16(18)14-6-4-5-7-15(14)19/h4-8,10,16H,2-3,9H2,1H3/t16-,18+/m1/s1. The predicted octanol–water partition coefficient (Wildman–Crippen LogP) is 3.58. The maximum absolute atomic E-state index is 12.6. The van der Waals surface area contributed by atoms with Gasteiger partial charge in [-0.1, -0.05) is 42.5 Å². The van der Waals surface area contributed by atoms with Crippen LogP contribution in [0.5, 0.6) is 0 Å². The van der Waals surface area contributed by atoms with Gasteiger partial charge in [0.05, 0.1) is 12.7 Å². The monoisotopic (exact) mass is 329 g/mol. The molecule has 2 atom stereocenters. The largest absolute Gasteiger partial charge is 0.465 e. The normalized spacial score (nSPS) is 23.6. The van der Waals surface area contributed by atoms with Crippen LogP contribution in [0.1, 0.15) is 24.8 Å². The molecule has 0 bridgehead atoms. The van der Waals surface area contributed by atoms with Crippen LogP contribution in [-0.4, -0.2) is 18.9 Å². The Bertz CT molecular complexity index is 732. The second-order valence-corrected chi connectivity index (χ2v) is 5.75. The highest BCUT2D eigenvalue weighted by Crippen LogP contribution is 2.50. The Labute approximate surface area is 140 Å². The first-order valence-corrected chi connectivity index (χ1v) is 7.55. The van der Waals surface area contributed by atoms with Crippen LogP contribution in [0.4, 0.5) is 0 Å². The number of benzene rings is 1. The number of hydrogen-bond acceptors (Lipinski definition) is 4. The zero-order chi connectivity index (χ0) is 17.0. The number of rotatable bonds is 4. The average molecular weight is 330 g/mol. The summed E-state index contributed by atoms with van der Waals surface area (Å²) in [5.74, 6) is -1.33. The zero-order valence-electron chi connectivity index (χ0n) is 12.7. The molecule has 0 fully saturated rings. The number of allylic oxidation sites excluding steroid dienone is 3. The molecule has 1 aliphatic carbocycles. The molecule has 0 aromatic heterocycles. The Hall–Kier alpha value is -2.38. The number of carbonyl (C=O) groups is 2. The maximum Gasteiger partial charge on any atom is 0.327 e. The van der Waals surface area contributed by atoms with Crippen molar-refractivity contribution >= 4 is 23.9 Å². The molecule has 1 aromatic rings. The van der Waals surface area contributed by atoms with Gasteiger partial charge in [0.1, 0.15) is 6.29 Å². The summed E-state index contributed by atoms with van der Waals surface area (Å²) in [6, 6.07) is 9.07. The molecular formula is C18H16ClNO3. The maximum atomic E-state index is 12.6. The number of halogens is 1. The van der Waals surface area contributed by atoms with Crippen LogP contribution in [0.3, 0.4) is 0 Å². The highest BCUT2D eigenvalue weighted by atomic mass is 35.5. The van der Waals surface area contributed by atoms with Crippen molar-refractivity contribution in [2.45, 2.75) is 19.3 Å². The SMILES string of the molecule is C=C1C=C(C=O)C[C@@](C#N)(C(=O)OCC)[C@H]1c1ccccc1Cl. The molecule has 0 spiro atoms. The van der Waals surface area contributed by atoms with E-state index in [-0.39, 0.29) is 13.0 Å². The Kier molecular flexibility index (Phi) is 5.02. The lowest BCUT2D eigenvalue weighted by Gasteiger charge is -2.37. The van der Waals surface area contributed by atoms with Crippen LogP contribution in [0.2, 0.25) is 5.02 Å². The second kappa shape index (κ2) is 6.80. The summed E-state index contributed by atoms with van der Waals surface area (Å²) < 4.78 is 5.12. The van der Waals surface area contributed by atoms with Gasteiger partial charge in [-0.3, -0.25) is 9.59 Å². The number of ether oxygens (including phenoxy) is 1. The number of aldehydes is 1. The van der Waals surface area contributed by atoms with E-state index in [0.29, 0.717) is 28.0 Å². The third kappa shape index (κ3) is 2.93. The van der Waals surface area contributed by atoms with E-state index in [2.05, 4.69) is 12.6 Å². The first kappa shape index (κ1) is 17.0. The quantitative estimate of drug-likeness (QED) is 0.625. The van der Waals surface area contributed by atoms with E-state index in [4.69, 9.17) is 16.3 Å². The molecule has 1 aliphatic rings. The van der Waals surface area contributed by atoms with Gasteiger partial charge < -0.3 is 4.74 Å². The minimum atomic E-state index is -1.55. The van der Waals surface area contributed by atoms with Crippen LogP contribution >= 0.6 is 11.6 Å². The van der Waals surface area contributed by atoms with Gasteiger partial charge in [0, 0.05) is 17.4 Å². The molecule has 0 saturated heterocycles. The predicted molar refractivity (Wildman–Crippen MR) is 86.8 cm³/mol. The fraction of sp³-hybridized carbons (Fsp3) is 0.278. The summed E-state index contributed by atoms with van der Waals surface area (Å²) in [5.41, 5.74) is -0.104. The van der Waals surface area contributed by atoms with E-state index in [1.165, 1.54) is 0 Å². The molecule has 0 heterocycles. The van der Waals surface area contributed by atoms with Crippen molar-refractivity contribution in [3.63, 3.8) is 0 Å². The van der Waals surface area contributed by atoms with Crippen molar-refractivity contribution in [3.05, 3.63) is 58.7 Å². The van der Waals surface area contributed by atoms with Gasteiger partial charge in [0.2, 0.25) is 0 Å². The van der Waals surface area contributed by atoms with Gasteiger partial charge in [-0.05, 0) is 29.7 Å². The number of nitriles is 1. The summed E-state index contributed by atoms with van der Waals surface area (Å²) in [4.78, 5) is 23.8. The molecule has 118 valence electrons. The van der Waals surface area contributed by atoms with Gasteiger partial charge in [-0.15, -0.1) is 0 Å². The number of carbonyl (C=O) groups excluding carboxylic acids is 2. The lowest BCUT2D eigenvalue weighted by molar-refractivity contribution is -0.152. The van der Waals surface area contributed by atoms with Crippen molar-refractivity contribution < 1.29 is 14.3 Å². The summed E-state index contributed by atoms with van der Waals surface area (Å²) in [6.45, 7) is 5.76. The molecule has 0 unspecified atom stereocenters. The fourth-order valence-corrected chi connectivity index (χ4v) is 3.21. The first-order valence-electron chi connectivity index (χ1n) is 7.17. The minimum absolute atomic E-state index is 0.0270. The van der Waals surface area contributed by atoms with Crippen molar-refractivity contribution in [3.8, 4) is 6.07 Å². The summed E-state index contributed by atoms with van der Waals surface area (Å²) in [7, 11) is 0. The lowest BCUT2D eigenvalue weighted by atomic mass is 9.63. The van der Waals surface area contributed by atoms with Gasteiger partial charge >= 0.3 is 5.97 Å². The Morgan fingerprint density at radius 2 is 2.26 bits per heavy atom. The summed E-state index contributed by atoms with van der Waals surface area (Å²) >= 11 is 6.27. The van der Waals surface area contributed by atoms with E-state index in [9.17, 15) is 14.9 Å². The van der Waals surface area contributed by atoms with Crippen LogP contribution < -0.4 is 0 Å². The summed E-state index contributed by atoms with van der Waals surface area (Å²) in [5, 5.41) is 10.2. The lowest BCUT2D eigenvalue weighted by Crippen LogP contribution is -2.41. The number of esters is 1. The molecule has 0 radical (unpaired) electrons. The zero-order valence-corrected chi connectivity index (χ0v) is 13.5. The van der Waals surface area contributed by atoms with E-state index >= 15 is 0 Å². The fourth-order valence-electron chi connectivity index (χ4n) is 2.96. The van der Waals surface area contributed by atoms with Gasteiger partial charge in [-0.2, -0.15) is 5.26 Å².